The zero-order chi connectivity index (χ0) is 18.5. The molecule has 138 valence electrons. The van der Waals surface area contributed by atoms with Crippen molar-refractivity contribution in [3.05, 3.63) is 57.8 Å². The van der Waals surface area contributed by atoms with Crippen LogP contribution in [0.5, 0.6) is 0 Å². The van der Waals surface area contributed by atoms with Crippen molar-refractivity contribution in [3.8, 4) is 0 Å². The van der Waals surface area contributed by atoms with Gasteiger partial charge in [0.25, 0.3) is 0 Å². The Morgan fingerprint density at radius 3 is 2.62 bits per heavy atom. The molecule has 1 aliphatic rings. The predicted molar refractivity (Wildman–Crippen MR) is 108 cm³/mol. The highest BCUT2D eigenvalue weighted by Gasteiger charge is 2.20. The molecule has 0 radical (unpaired) electrons. The van der Waals surface area contributed by atoms with Gasteiger partial charge in [0.2, 0.25) is 5.91 Å². The molecule has 5 nitrogen and oxygen atoms in total. The number of hydrogen-bond donors (Lipinski definition) is 0. The lowest BCUT2D eigenvalue weighted by Crippen LogP contribution is -2.47. The molecular weight excluding hydrogens is 392 g/mol. The van der Waals surface area contributed by atoms with Gasteiger partial charge in [0.1, 0.15) is 0 Å². The molecule has 1 aliphatic heterocycles. The lowest BCUT2D eigenvalue weighted by Gasteiger charge is -2.34. The topological polar surface area (TPSA) is 41.4 Å². The molecule has 0 atom stereocenters. The van der Waals surface area contributed by atoms with E-state index < -0.39 is 0 Å². The minimum atomic E-state index is 0.0780. The zero-order valence-electron chi connectivity index (χ0n) is 15.4. The van der Waals surface area contributed by atoms with Gasteiger partial charge in [-0.1, -0.05) is 34.1 Å². The molecule has 0 bridgehead atoms. The summed E-state index contributed by atoms with van der Waals surface area (Å²) in [6, 6.07) is 8.31. The SMILES string of the molecule is CCn1ncc(/C=C/C(=O)N2CCN(Cc3ccccc3Br)CC2)c1C. The number of aromatic nitrogens is 2. The molecule has 26 heavy (non-hydrogen) atoms. The highest BCUT2D eigenvalue weighted by Crippen LogP contribution is 2.18. The number of aryl methyl sites for hydroxylation is 1. The molecule has 2 aromatic rings. The normalized spacial score (nSPS) is 15.7. The van der Waals surface area contributed by atoms with Gasteiger partial charge in [-0.15, -0.1) is 0 Å². The maximum atomic E-state index is 12.5. The highest BCUT2D eigenvalue weighted by molar-refractivity contribution is 9.10. The Labute approximate surface area is 163 Å². The summed E-state index contributed by atoms with van der Waals surface area (Å²) in [5.41, 5.74) is 3.39. The van der Waals surface area contributed by atoms with E-state index in [2.05, 4.69) is 51.1 Å². The monoisotopic (exact) mass is 416 g/mol. The third-order valence-corrected chi connectivity index (χ3v) is 5.66. The molecule has 1 aromatic carbocycles. The van der Waals surface area contributed by atoms with E-state index in [1.165, 1.54) is 5.56 Å². The minimum Gasteiger partial charge on any atom is -0.337 e. The maximum absolute atomic E-state index is 12.5. The van der Waals surface area contributed by atoms with Crippen molar-refractivity contribution in [3.63, 3.8) is 0 Å². The Balaban J connectivity index is 1.52. The summed E-state index contributed by atoms with van der Waals surface area (Å²) in [7, 11) is 0. The number of hydrogen-bond acceptors (Lipinski definition) is 3. The number of piperazine rings is 1. The second-order valence-electron chi connectivity index (χ2n) is 6.53. The van der Waals surface area contributed by atoms with Crippen LogP contribution >= 0.6 is 15.9 Å². The summed E-state index contributed by atoms with van der Waals surface area (Å²) in [6.07, 6.45) is 5.37. The van der Waals surface area contributed by atoms with Gasteiger partial charge in [0.15, 0.2) is 0 Å². The summed E-state index contributed by atoms with van der Waals surface area (Å²) >= 11 is 3.61. The number of nitrogens with zero attached hydrogens (tertiary/aromatic N) is 4. The fourth-order valence-corrected chi connectivity index (χ4v) is 3.61. The number of rotatable bonds is 5. The average Bonchev–Trinajstić information content (AvgIpc) is 3.02. The first kappa shape index (κ1) is 18.9. The van der Waals surface area contributed by atoms with Crippen molar-refractivity contribution < 1.29 is 4.79 Å². The van der Waals surface area contributed by atoms with Crippen LogP contribution in [0.1, 0.15) is 23.7 Å². The molecule has 6 heteroatoms. The predicted octanol–water partition coefficient (Wildman–Crippen LogP) is 3.33. The van der Waals surface area contributed by atoms with Gasteiger partial charge < -0.3 is 4.90 Å². The van der Waals surface area contributed by atoms with Crippen molar-refractivity contribution in [2.24, 2.45) is 0 Å². The lowest BCUT2D eigenvalue weighted by molar-refractivity contribution is -0.127. The molecule has 1 saturated heterocycles. The number of benzene rings is 1. The van der Waals surface area contributed by atoms with E-state index in [9.17, 15) is 4.79 Å². The number of carbonyl (C=O) groups is 1. The van der Waals surface area contributed by atoms with E-state index in [0.717, 1.165) is 55.0 Å². The van der Waals surface area contributed by atoms with Crippen LogP contribution in [0.15, 0.2) is 41.0 Å². The molecule has 0 N–H and O–H groups in total. The third kappa shape index (κ3) is 4.43. The second kappa shape index (κ2) is 8.64. The van der Waals surface area contributed by atoms with Gasteiger partial charge in [0.05, 0.1) is 6.20 Å². The summed E-state index contributed by atoms with van der Waals surface area (Å²) in [6.45, 7) is 9.16. The molecule has 2 heterocycles. The van der Waals surface area contributed by atoms with E-state index in [1.54, 1.807) is 6.08 Å². The number of amides is 1. The minimum absolute atomic E-state index is 0.0780. The van der Waals surface area contributed by atoms with Gasteiger partial charge in [0, 0.05) is 61.1 Å². The molecule has 3 rings (SSSR count). The average molecular weight is 417 g/mol. The van der Waals surface area contributed by atoms with Crippen LogP contribution in [-0.2, 0) is 17.9 Å². The van der Waals surface area contributed by atoms with Crippen LogP contribution in [0.25, 0.3) is 6.08 Å². The van der Waals surface area contributed by atoms with Crippen LogP contribution in [0.3, 0.4) is 0 Å². The van der Waals surface area contributed by atoms with Gasteiger partial charge in [-0.25, -0.2) is 0 Å². The molecule has 0 aliphatic carbocycles. The molecule has 0 unspecified atom stereocenters. The van der Waals surface area contributed by atoms with Crippen LogP contribution in [0.4, 0.5) is 0 Å². The zero-order valence-corrected chi connectivity index (χ0v) is 16.9. The van der Waals surface area contributed by atoms with Crippen molar-refractivity contribution in [2.45, 2.75) is 26.9 Å². The van der Waals surface area contributed by atoms with E-state index in [0.29, 0.717) is 0 Å². The van der Waals surface area contributed by atoms with Gasteiger partial charge >= 0.3 is 0 Å². The Bertz CT molecular complexity index is 791. The van der Waals surface area contributed by atoms with Crippen molar-refractivity contribution in [2.75, 3.05) is 26.2 Å². The molecule has 0 saturated carbocycles. The van der Waals surface area contributed by atoms with E-state index in [1.807, 2.05) is 34.8 Å². The van der Waals surface area contributed by atoms with E-state index in [4.69, 9.17) is 0 Å². The fourth-order valence-electron chi connectivity index (χ4n) is 3.20. The largest absolute Gasteiger partial charge is 0.337 e. The van der Waals surface area contributed by atoms with Crippen molar-refractivity contribution in [1.82, 2.24) is 19.6 Å². The Kier molecular flexibility index (Phi) is 6.27. The first-order valence-corrected chi connectivity index (χ1v) is 9.83. The smallest absolute Gasteiger partial charge is 0.246 e. The standard InChI is InChI=1S/C20H25BrN4O/c1-3-25-16(2)17(14-22-25)8-9-20(26)24-12-10-23(11-13-24)15-18-6-4-5-7-19(18)21/h4-9,14H,3,10-13,15H2,1-2H3/b9-8+. The van der Waals surface area contributed by atoms with Crippen molar-refractivity contribution in [1.29, 1.82) is 0 Å². The second-order valence-corrected chi connectivity index (χ2v) is 7.38. The number of carbonyl (C=O) groups excluding carboxylic acids is 1. The summed E-state index contributed by atoms with van der Waals surface area (Å²) in [4.78, 5) is 16.8. The third-order valence-electron chi connectivity index (χ3n) is 4.88. The number of halogens is 1. The van der Waals surface area contributed by atoms with Gasteiger partial charge in [-0.2, -0.15) is 5.10 Å². The molecular formula is C20H25BrN4O. The fraction of sp³-hybridized carbons (Fsp3) is 0.400. The van der Waals surface area contributed by atoms with Crippen LogP contribution < -0.4 is 0 Å². The van der Waals surface area contributed by atoms with E-state index in [-0.39, 0.29) is 5.91 Å². The maximum Gasteiger partial charge on any atom is 0.246 e. The van der Waals surface area contributed by atoms with Gasteiger partial charge in [-0.05, 0) is 31.6 Å². The summed E-state index contributed by atoms with van der Waals surface area (Å²) in [5.74, 6) is 0.0780. The Hall–Kier alpha value is -1.92. The Morgan fingerprint density at radius 1 is 1.23 bits per heavy atom. The molecule has 1 amide bonds. The quantitative estimate of drug-likeness (QED) is 0.701. The first-order chi connectivity index (χ1) is 12.6. The van der Waals surface area contributed by atoms with Crippen LogP contribution in [0.2, 0.25) is 0 Å². The van der Waals surface area contributed by atoms with Crippen LogP contribution in [0, 0.1) is 6.92 Å². The lowest BCUT2D eigenvalue weighted by atomic mass is 10.2. The molecule has 0 spiro atoms. The molecule has 1 aromatic heterocycles. The Morgan fingerprint density at radius 2 is 1.96 bits per heavy atom. The van der Waals surface area contributed by atoms with E-state index >= 15 is 0 Å². The first-order valence-electron chi connectivity index (χ1n) is 9.03. The summed E-state index contributed by atoms with van der Waals surface area (Å²) < 4.78 is 3.08. The summed E-state index contributed by atoms with van der Waals surface area (Å²) in [5, 5.41) is 4.31. The van der Waals surface area contributed by atoms with Crippen molar-refractivity contribution >= 4 is 27.9 Å². The van der Waals surface area contributed by atoms with Crippen LogP contribution in [-0.4, -0.2) is 51.7 Å². The molecule has 1 fully saturated rings. The van der Waals surface area contributed by atoms with Gasteiger partial charge in [-0.3, -0.25) is 14.4 Å². The highest BCUT2D eigenvalue weighted by atomic mass is 79.9.